The number of aromatic carboxylic acids is 1. The monoisotopic (exact) mass is 291 g/mol. The van der Waals surface area contributed by atoms with Gasteiger partial charge in [0.05, 0.1) is 16.8 Å². The zero-order valence-corrected chi connectivity index (χ0v) is 12.8. The average molecular weight is 291 g/mol. The molecule has 110 valence electrons. The van der Waals surface area contributed by atoms with Gasteiger partial charge in [0.1, 0.15) is 0 Å². The molecule has 1 aliphatic rings. The number of carboxylic acids is 1. The van der Waals surface area contributed by atoms with Gasteiger partial charge in [0.25, 0.3) is 0 Å². The van der Waals surface area contributed by atoms with Gasteiger partial charge in [-0.05, 0) is 17.2 Å². The van der Waals surface area contributed by atoms with E-state index >= 15 is 0 Å². The van der Waals surface area contributed by atoms with Gasteiger partial charge >= 0.3 is 5.97 Å². The topological polar surface area (TPSA) is 42.2 Å². The Kier molecular flexibility index (Phi) is 2.39. The molecule has 0 unspecified atom stereocenters. The Morgan fingerprint density at radius 1 is 1.09 bits per heavy atom. The Morgan fingerprint density at radius 2 is 1.82 bits per heavy atom. The maximum atomic E-state index is 11.6. The highest BCUT2D eigenvalue weighted by Crippen LogP contribution is 2.52. The van der Waals surface area contributed by atoms with Crippen molar-refractivity contribution in [3.05, 3.63) is 59.2 Å². The number of hydrogen-bond acceptors (Lipinski definition) is 1. The summed E-state index contributed by atoms with van der Waals surface area (Å²) in [6, 6.07) is 14.0. The lowest BCUT2D eigenvalue weighted by molar-refractivity contribution is 0.0698. The molecular formula is C19H17NO2. The molecule has 0 bridgehead atoms. The first-order chi connectivity index (χ1) is 10.4. The minimum Gasteiger partial charge on any atom is -0.478 e. The molecule has 1 aliphatic carbocycles. The van der Waals surface area contributed by atoms with E-state index in [0.29, 0.717) is 5.56 Å². The molecule has 0 aliphatic heterocycles. The van der Waals surface area contributed by atoms with Crippen LogP contribution in [-0.4, -0.2) is 15.6 Å². The summed E-state index contributed by atoms with van der Waals surface area (Å²) in [5.74, 6) is -0.879. The number of carbonyl (C=O) groups is 1. The molecule has 0 fully saturated rings. The lowest BCUT2D eigenvalue weighted by atomic mass is 9.81. The van der Waals surface area contributed by atoms with Crippen LogP contribution in [0.15, 0.2) is 42.5 Å². The fraction of sp³-hybridized carbons (Fsp3) is 0.211. The van der Waals surface area contributed by atoms with Crippen molar-refractivity contribution >= 4 is 16.9 Å². The molecule has 0 atom stereocenters. The Morgan fingerprint density at radius 3 is 2.55 bits per heavy atom. The first-order valence-corrected chi connectivity index (χ1v) is 7.39. The Balaban J connectivity index is 2.23. The Labute approximate surface area is 128 Å². The van der Waals surface area contributed by atoms with E-state index in [0.717, 1.165) is 16.6 Å². The van der Waals surface area contributed by atoms with E-state index < -0.39 is 5.97 Å². The number of para-hydroxylation sites is 1. The summed E-state index contributed by atoms with van der Waals surface area (Å²) in [6.45, 7) is 4.43. The third-order valence-corrected chi connectivity index (χ3v) is 4.92. The maximum absolute atomic E-state index is 11.6. The quantitative estimate of drug-likeness (QED) is 0.730. The van der Waals surface area contributed by atoms with Gasteiger partial charge in [-0.15, -0.1) is 0 Å². The number of hydrogen-bond donors (Lipinski definition) is 1. The lowest BCUT2D eigenvalue weighted by Crippen LogP contribution is -2.14. The molecule has 4 rings (SSSR count). The van der Waals surface area contributed by atoms with Crippen molar-refractivity contribution in [1.82, 2.24) is 4.57 Å². The minimum absolute atomic E-state index is 0.122. The number of carboxylic acid groups (broad SMARTS) is 1. The van der Waals surface area contributed by atoms with Gasteiger partial charge in [-0.2, -0.15) is 0 Å². The predicted molar refractivity (Wildman–Crippen MR) is 87.4 cm³/mol. The molecular weight excluding hydrogens is 274 g/mol. The van der Waals surface area contributed by atoms with Crippen LogP contribution in [0.25, 0.3) is 22.2 Å². The molecule has 0 saturated heterocycles. The highest BCUT2D eigenvalue weighted by molar-refractivity contribution is 6.07. The van der Waals surface area contributed by atoms with E-state index in [4.69, 9.17) is 0 Å². The van der Waals surface area contributed by atoms with Gasteiger partial charge in [0.2, 0.25) is 0 Å². The molecule has 1 heterocycles. The maximum Gasteiger partial charge on any atom is 0.337 e. The molecule has 3 aromatic rings. The normalized spacial score (nSPS) is 14.9. The number of rotatable bonds is 1. The molecule has 1 aromatic heterocycles. The zero-order chi connectivity index (χ0) is 15.6. The van der Waals surface area contributed by atoms with Gasteiger partial charge in [-0.3, -0.25) is 0 Å². The predicted octanol–water partition coefficient (Wildman–Crippen LogP) is 4.18. The second-order valence-corrected chi connectivity index (χ2v) is 6.46. The van der Waals surface area contributed by atoms with Gasteiger partial charge in [0, 0.05) is 23.4 Å². The molecule has 0 spiro atoms. The largest absolute Gasteiger partial charge is 0.478 e. The van der Waals surface area contributed by atoms with Gasteiger partial charge < -0.3 is 9.67 Å². The summed E-state index contributed by atoms with van der Waals surface area (Å²) >= 11 is 0. The summed E-state index contributed by atoms with van der Waals surface area (Å²) in [5.41, 5.74) is 5.93. The summed E-state index contributed by atoms with van der Waals surface area (Å²) in [6.07, 6.45) is 0. The van der Waals surface area contributed by atoms with Gasteiger partial charge in [-0.1, -0.05) is 50.2 Å². The van der Waals surface area contributed by atoms with Gasteiger partial charge in [0.15, 0.2) is 0 Å². The van der Waals surface area contributed by atoms with E-state index in [1.54, 1.807) is 6.07 Å². The Hall–Kier alpha value is -2.55. The first kappa shape index (κ1) is 13.1. The van der Waals surface area contributed by atoms with Crippen LogP contribution in [0.5, 0.6) is 0 Å². The molecule has 22 heavy (non-hydrogen) atoms. The van der Waals surface area contributed by atoms with E-state index in [9.17, 15) is 9.90 Å². The van der Waals surface area contributed by atoms with E-state index in [-0.39, 0.29) is 5.41 Å². The van der Waals surface area contributed by atoms with Crippen LogP contribution in [0.2, 0.25) is 0 Å². The molecule has 0 radical (unpaired) electrons. The second kappa shape index (κ2) is 4.01. The second-order valence-electron chi connectivity index (χ2n) is 6.46. The summed E-state index contributed by atoms with van der Waals surface area (Å²) in [4.78, 5) is 11.6. The molecule has 1 N–H and O–H groups in total. The van der Waals surface area contributed by atoms with Crippen LogP contribution in [0, 0.1) is 0 Å². The summed E-state index contributed by atoms with van der Waals surface area (Å²) in [7, 11) is 1.96. The van der Waals surface area contributed by atoms with Crippen LogP contribution >= 0.6 is 0 Å². The minimum atomic E-state index is -0.879. The van der Waals surface area contributed by atoms with E-state index in [1.165, 1.54) is 16.7 Å². The van der Waals surface area contributed by atoms with Crippen LogP contribution < -0.4 is 0 Å². The smallest absolute Gasteiger partial charge is 0.337 e. The highest BCUT2D eigenvalue weighted by atomic mass is 16.4. The van der Waals surface area contributed by atoms with Crippen LogP contribution in [0.3, 0.4) is 0 Å². The SMILES string of the molecule is Cn1c2c(c3cccc(C(=O)O)c31)C(C)(C)c1ccccc1-2. The van der Waals surface area contributed by atoms with Crippen LogP contribution in [-0.2, 0) is 12.5 Å². The number of benzene rings is 2. The first-order valence-electron chi connectivity index (χ1n) is 7.39. The molecule has 2 aromatic carbocycles. The fourth-order valence-corrected chi connectivity index (χ4v) is 4.00. The molecule has 0 amide bonds. The Bertz CT molecular complexity index is 947. The third-order valence-electron chi connectivity index (χ3n) is 4.92. The van der Waals surface area contributed by atoms with Crippen molar-refractivity contribution in [2.75, 3.05) is 0 Å². The average Bonchev–Trinajstić information content (AvgIpc) is 2.92. The van der Waals surface area contributed by atoms with Crippen LogP contribution in [0.4, 0.5) is 0 Å². The van der Waals surface area contributed by atoms with E-state index in [2.05, 4.69) is 32.0 Å². The summed E-state index contributed by atoms with van der Waals surface area (Å²) in [5, 5.41) is 10.6. The standard InChI is InChI=1S/C19H17NO2/c1-19(2)14-10-5-4-7-11(14)17-15(19)12-8-6-9-13(18(21)22)16(12)20(17)3/h4-10H,1-3H3,(H,21,22). The molecule has 0 saturated carbocycles. The molecule has 3 nitrogen and oxygen atoms in total. The lowest BCUT2D eigenvalue weighted by Gasteiger charge is -2.21. The summed E-state index contributed by atoms with van der Waals surface area (Å²) < 4.78 is 2.04. The number of aromatic nitrogens is 1. The van der Waals surface area contributed by atoms with E-state index in [1.807, 2.05) is 29.8 Å². The number of nitrogens with zero attached hydrogens (tertiary/aromatic N) is 1. The third kappa shape index (κ3) is 1.38. The number of fused-ring (bicyclic) bond motifs is 5. The fourth-order valence-electron chi connectivity index (χ4n) is 4.00. The van der Waals surface area contributed by atoms with Crippen molar-refractivity contribution in [3.63, 3.8) is 0 Å². The molecule has 3 heteroatoms. The highest BCUT2D eigenvalue weighted by Gasteiger charge is 2.40. The van der Waals surface area contributed by atoms with Crippen molar-refractivity contribution in [2.45, 2.75) is 19.3 Å². The van der Waals surface area contributed by atoms with Crippen molar-refractivity contribution in [1.29, 1.82) is 0 Å². The zero-order valence-electron chi connectivity index (χ0n) is 12.8. The number of aryl methyl sites for hydroxylation is 1. The van der Waals surface area contributed by atoms with Crippen molar-refractivity contribution < 1.29 is 9.90 Å². The van der Waals surface area contributed by atoms with Crippen LogP contribution in [0.1, 0.15) is 35.3 Å². The van der Waals surface area contributed by atoms with Crippen molar-refractivity contribution in [2.24, 2.45) is 7.05 Å². The van der Waals surface area contributed by atoms with Crippen molar-refractivity contribution in [3.8, 4) is 11.3 Å². The van der Waals surface area contributed by atoms with Gasteiger partial charge in [-0.25, -0.2) is 4.79 Å².